The molecule has 4 nitrogen and oxygen atoms in total. The van der Waals surface area contributed by atoms with E-state index in [1.54, 1.807) is 0 Å². The van der Waals surface area contributed by atoms with Gasteiger partial charge in [0.05, 0.1) is 18.2 Å². The number of hydrogen-bond acceptors (Lipinski definition) is 2. The SMILES string of the molecule is Cc1nn(CC(C)C(=O)NCc2ccccc2)c(C)c1C. The Bertz CT molecular complexity index is 616. The third-order valence-corrected chi connectivity index (χ3v) is 3.95. The monoisotopic (exact) mass is 285 g/mol. The molecule has 1 unspecified atom stereocenters. The first-order chi connectivity index (χ1) is 9.99. The summed E-state index contributed by atoms with van der Waals surface area (Å²) in [5.41, 5.74) is 4.48. The number of benzene rings is 1. The van der Waals surface area contributed by atoms with E-state index < -0.39 is 0 Å². The van der Waals surface area contributed by atoms with Crippen LogP contribution in [0.25, 0.3) is 0 Å². The van der Waals surface area contributed by atoms with Crippen molar-refractivity contribution in [2.45, 2.75) is 40.8 Å². The Labute approximate surface area is 126 Å². The molecule has 0 fully saturated rings. The number of rotatable bonds is 5. The number of carbonyl (C=O) groups is 1. The molecule has 21 heavy (non-hydrogen) atoms. The van der Waals surface area contributed by atoms with Crippen molar-refractivity contribution in [1.29, 1.82) is 0 Å². The van der Waals surface area contributed by atoms with Crippen LogP contribution >= 0.6 is 0 Å². The number of nitrogens with one attached hydrogen (secondary N) is 1. The average Bonchev–Trinajstić information content (AvgIpc) is 2.73. The first-order valence-corrected chi connectivity index (χ1v) is 7.31. The van der Waals surface area contributed by atoms with Crippen LogP contribution in [0, 0.1) is 26.7 Å². The molecule has 0 saturated carbocycles. The summed E-state index contributed by atoms with van der Waals surface area (Å²) in [6, 6.07) is 9.94. The Balaban J connectivity index is 1.92. The molecule has 1 N–H and O–H groups in total. The summed E-state index contributed by atoms with van der Waals surface area (Å²) in [7, 11) is 0. The van der Waals surface area contributed by atoms with E-state index in [-0.39, 0.29) is 11.8 Å². The Morgan fingerprint density at radius 2 is 1.90 bits per heavy atom. The van der Waals surface area contributed by atoms with E-state index in [0.717, 1.165) is 17.0 Å². The predicted octanol–water partition coefficient (Wildman–Crippen LogP) is 2.76. The fraction of sp³-hybridized carbons (Fsp3) is 0.412. The van der Waals surface area contributed by atoms with E-state index in [4.69, 9.17) is 0 Å². The summed E-state index contributed by atoms with van der Waals surface area (Å²) < 4.78 is 1.93. The fourth-order valence-corrected chi connectivity index (χ4v) is 2.27. The smallest absolute Gasteiger partial charge is 0.224 e. The van der Waals surface area contributed by atoms with Crippen molar-refractivity contribution in [1.82, 2.24) is 15.1 Å². The number of nitrogens with zero attached hydrogens (tertiary/aromatic N) is 2. The minimum Gasteiger partial charge on any atom is -0.352 e. The first kappa shape index (κ1) is 15.3. The largest absolute Gasteiger partial charge is 0.352 e. The molecule has 0 aliphatic rings. The summed E-state index contributed by atoms with van der Waals surface area (Å²) in [5, 5.41) is 7.47. The van der Waals surface area contributed by atoms with Crippen LogP contribution < -0.4 is 5.32 Å². The number of aryl methyl sites for hydroxylation is 1. The lowest BCUT2D eigenvalue weighted by molar-refractivity contribution is -0.125. The topological polar surface area (TPSA) is 46.9 Å². The fourth-order valence-electron chi connectivity index (χ4n) is 2.27. The number of amides is 1. The summed E-state index contributed by atoms with van der Waals surface area (Å²) in [6.45, 7) is 9.23. The van der Waals surface area contributed by atoms with Gasteiger partial charge in [0.1, 0.15) is 0 Å². The average molecular weight is 285 g/mol. The van der Waals surface area contributed by atoms with Gasteiger partial charge in [0, 0.05) is 12.2 Å². The molecule has 1 aromatic carbocycles. The van der Waals surface area contributed by atoms with Gasteiger partial charge in [-0.3, -0.25) is 9.48 Å². The zero-order valence-corrected chi connectivity index (χ0v) is 13.2. The van der Waals surface area contributed by atoms with Gasteiger partial charge in [0.2, 0.25) is 5.91 Å². The summed E-state index contributed by atoms with van der Waals surface area (Å²) in [6.07, 6.45) is 0. The van der Waals surface area contributed by atoms with Gasteiger partial charge in [-0.2, -0.15) is 5.10 Å². The third kappa shape index (κ3) is 3.72. The minimum absolute atomic E-state index is 0.0593. The molecule has 2 aromatic rings. The lowest BCUT2D eigenvalue weighted by atomic mass is 10.1. The van der Waals surface area contributed by atoms with E-state index in [2.05, 4.69) is 17.3 Å². The van der Waals surface area contributed by atoms with Gasteiger partial charge in [0.25, 0.3) is 0 Å². The highest BCUT2D eigenvalue weighted by Crippen LogP contribution is 2.13. The Morgan fingerprint density at radius 1 is 1.24 bits per heavy atom. The third-order valence-electron chi connectivity index (χ3n) is 3.95. The maximum Gasteiger partial charge on any atom is 0.224 e. The quantitative estimate of drug-likeness (QED) is 0.918. The van der Waals surface area contributed by atoms with Crippen molar-refractivity contribution in [3.8, 4) is 0 Å². The van der Waals surface area contributed by atoms with Crippen molar-refractivity contribution >= 4 is 5.91 Å². The molecule has 4 heteroatoms. The molecule has 112 valence electrons. The van der Waals surface area contributed by atoms with Crippen LogP contribution in [0.3, 0.4) is 0 Å². The molecule has 0 aliphatic carbocycles. The molecule has 2 rings (SSSR count). The van der Waals surface area contributed by atoms with E-state index in [1.165, 1.54) is 5.56 Å². The standard InChI is InChI=1S/C17H23N3O/c1-12(11-20-15(4)13(2)14(3)19-20)17(21)18-10-16-8-6-5-7-9-16/h5-9,12H,10-11H2,1-4H3,(H,18,21). The molecule has 1 aromatic heterocycles. The minimum atomic E-state index is -0.105. The molecular weight excluding hydrogens is 262 g/mol. The maximum absolute atomic E-state index is 12.2. The second kappa shape index (κ2) is 6.57. The summed E-state index contributed by atoms with van der Waals surface area (Å²) in [5.74, 6) is -0.0461. The molecule has 0 radical (unpaired) electrons. The van der Waals surface area contributed by atoms with E-state index >= 15 is 0 Å². The maximum atomic E-state index is 12.2. The lowest BCUT2D eigenvalue weighted by Gasteiger charge is -2.13. The van der Waals surface area contributed by atoms with Crippen molar-refractivity contribution in [3.05, 3.63) is 52.8 Å². The molecule has 0 aliphatic heterocycles. The zero-order chi connectivity index (χ0) is 15.4. The highest BCUT2D eigenvalue weighted by Gasteiger charge is 2.16. The van der Waals surface area contributed by atoms with Gasteiger partial charge < -0.3 is 5.32 Å². The van der Waals surface area contributed by atoms with Crippen LogP contribution in [0.5, 0.6) is 0 Å². The first-order valence-electron chi connectivity index (χ1n) is 7.31. The van der Waals surface area contributed by atoms with Gasteiger partial charge in [0.15, 0.2) is 0 Å². The van der Waals surface area contributed by atoms with Gasteiger partial charge in [-0.15, -0.1) is 0 Å². The van der Waals surface area contributed by atoms with Crippen molar-refractivity contribution in [2.75, 3.05) is 0 Å². The van der Waals surface area contributed by atoms with Crippen molar-refractivity contribution in [2.24, 2.45) is 5.92 Å². The van der Waals surface area contributed by atoms with Gasteiger partial charge in [-0.05, 0) is 31.9 Å². The predicted molar refractivity (Wildman–Crippen MR) is 83.9 cm³/mol. The molecular formula is C17H23N3O. The normalized spacial score (nSPS) is 12.2. The zero-order valence-electron chi connectivity index (χ0n) is 13.2. The van der Waals surface area contributed by atoms with Crippen LogP contribution in [-0.4, -0.2) is 15.7 Å². The van der Waals surface area contributed by atoms with E-state index in [9.17, 15) is 4.79 Å². The molecule has 1 heterocycles. The lowest BCUT2D eigenvalue weighted by Crippen LogP contribution is -2.31. The van der Waals surface area contributed by atoms with Gasteiger partial charge in [-0.1, -0.05) is 37.3 Å². The Kier molecular flexibility index (Phi) is 4.78. The molecule has 0 spiro atoms. The van der Waals surface area contributed by atoms with Crippen molar-refractivity contribution in [3.63, 3.8) is 0 Å². The van der Waals surface area contributed by atoms with Gasteiger partial charge >= 0.3 is 0 Å². The van der Waals surface area contributed by atoms with Crippen molar-refractivity contribution < 1.29 is 4.79 Å². The Hall–Kier alpha value is -2.10. The summed E-state index contributed by atoms with van der Waals surface area (Å²) >= 11 is 0. The molecule has 0 bridgehead atoms. The number of aromatic nitrogens is 2. The van der Waals surface area contributed by atoms with Crippen LogP contribution in [0.4, 0.5) is 0 Å². The highest BCUT2D eigenvalue weighted by atomic mass is 16.1. The highest BCUT2D eigenvalue weighted by molar-refractivity contribution is 5.78. The van der Waals surface area contributed by atoms with Crippen LogP contribution in [0.15, 0.2) is 30.3 Å². The van der Waals surface area contributed by atoms with Gasteiger partial charge in [-0.25, -0.2) is 0 Å². The van der Waals surface area contributed by atoms with Crippen LogP contribution in [0.2, 0.25) is 0 Å². The van der Waals surface area contributed by atoms with Crippen LogP contribution in [0.1, 0.15) is 29.4 Å². The summed E-state index contributed by atoms with van der Waals surface area (Å²) in [4.78, 5) is 12.2. The number of carbonyl (C=O) groups excluding carboxylic acids is 1. The second-order valence-electron chi connectivity index (χ2n) is 5.58. The molecule has 1 atom stereocenters. The molecule has 0 saturated heterocycles. The number of hydrogen-bond donors (Lipinski definition) is 1. The second-order valence-corrected chi connectivity index (χ2v) is 5.58. The van der Waals surface area contributed by atoms with E-state index in [1.807, 2.05) is 55.8 Å². The van der Waals surface area contributed by atoms with Crippen LogP contribution in [-0.2, 0) is 17.9 Å². The van der Waals surface area contributed by atoms with E-state index in [0.29, 0.717) is 13.1 Å². The molecule has 1 amide bonds. The Morgan fingerprint density at radius 3 is 2.48 bits per heavy atom.